The lowest BCUT2D eigenvalue weighted by Crippen LogP contribution is -2.15. The molecule has 0 unspecified atom stereocenters. The molecule has 0 radical (unpaired) electrons. The predicted molar refractivity (Wildman–Crippen MR) is 116 cm³/mol. The molecule has 0 aliphatic carbocycles. The van der Waals surface area contributed by atoms with E-state index in [2.05, 4.69) is 34.7 Å². The molecule has 2 N–H and O–H groups in total. The highest BCUT2D eigenvalue weighted by atomic mass is 32.1. The van der Waals surface area contributed by atoms with Gasteiger partial charge in [0, 0.05) is 17.2 Å². The zero-order valence-electron chi connectivity index (χ0n) is 16.5. The lowest BCUT2D eigenvalue weighted by molar-refractivity contribution is -0.115. The van der Waals surface area contributed by atoms with Crippen molar-refractivity contribution >= 4 is 34.0 Å². The number of anilines is 2. The summed E-state index contributed by atoms with van der Waals surface area (Å²) in [5.41, 5.74) is 2.09. The van der Waals surface area contributed by atoms with Gasteiger partial charge in [-0.1, -0.05) is 55.5 Å². The Labute approximate surface area is 174 Å². The summed E-state index contributed by atoms with van der Waals surface area (Å²) < 4.78 is 0. The van der Waals surface area contributed by atoms with E-state index in [9.17, 15) is 9.59 Å². The Morgan fingerprint density at radius 1 is 0.931 bits per heavy atom. The summed E-state index contributed by atoms with van der Waals surface area (Å²) in [6.07, 6.45) is 2.30. The van der Waals surface area contributed by atoms with Crippen molar-refractivity contribution in [1.82, 2.24) is 10.2 Å². The fraction of sp³-hybridized carbons (Fsp3) is 0.273. The lowest BCUT2D eigenvalue weighted by Gasteiger charge is -2.07. The Morgan fingerprint density at radius 2 is 1.62 bits per heavy atom. The van der Waals surface area contributed by atoms with Gasteiger partial charge in [0.05, 0.1) is 6.42 Å². The Balaban J connectivity index is 1.56. The molecule has 29 heavy (non-hydrogen) atoms. The number of amides is 2. The van der Waals surface area contributed by atoms with Crippen molar-refractivity contribution in [1.29, 1.82) is 0 Å². The maximum atomic E-state index is 12.4. The number of nitrogens with one attached hydrogen (secondary N) is 2. The minimum absolute atomic E-state index is 0.101. The highest BCUT2D eigenvalue weighted by molar-refractivity contribution is 7.15. The largest absolute Gasteiger partial charge is 0.326 e. The first-order valence-electron chi connectivity index (χ1n) is 9.67. The molecule has 0 aliphatic heterocycles. The van der Waals surface area contributed by atoms with Crippen molar-refractivity contribution in [2.24, 2.45) is 0 Å². The molecule has 150 valence electrons. The fourth-order valence-electron chi connectivity index (χ4n) is 2.95. The molecule has 3 rings (SSSR count). The highest BCUT2D eigenvalue weighted by Gasteiger charge is 2.15. The SMILES string of the molecule is CCC(CC)c1nnc(NC(=O)c2ccc(NC(=O)Cc3ccccc3)cc2)s1. The van der Waals surface area contributed by atoms with E-state index in [1.807, 2.05) is 30.3 Å². The van der Waals surface area contributed by atoms with Gasteiger partial charge in [0.1, 0.15) is 5.01 Å². The van der Waals surface area contributed by atoms with E-state index in [0.717, 1.165) is 23.4 Å². The molecular formula is C22H24N4O2S. The topological polar surface area (TPSA) is 84.0 Å². The third kappa shape index (κ3) is 5.71. The van der Waals surface area contributed by atoms with Crippen LogP contribution in [-0.2, 0) is 11.2 Å². The molecule has 0 saturated heterocycles. The van der Waals surface area contributed by atoms with Crippen LogP contribution in [0.1, 0.15) is 53.5 Å². The monoisotopic (exact) mass is 408 g/mol. The van der Waals surface area contributed by atoms with Crippen LogP contribution in [0.2, 0.25) is 0 Å². The van der Waals surface area contributed by atoms with Crippen LogP contribution in [0.5, 0.6) is 0 Å². The van der Waals surface area contributed by atoms with Crippen LogP contribution in [0, 0.1) is 0 Å². The molecule has 0 atom stereocenters. The van der Waals surface area contributed by atoms with Crippen LogP contribution in [0.15, 0.2) is 54.6 Å². The number of hydrogen-bond donors (Lipinski definition) is 2. The van der Waals surface area contributed by atoms with Gasteiger partial charge in [-0.25, -0.2) is 0 Å². The first kappa shape index (κ1) is 20.7. The number of aromatic nitrogens is 2. The molecule has 0 aliphatic rings. The van der Waals surface area contributed by atoms with Crippen LogP contribution in [-0.4, -0.2) is 22.0 Å². The van der Waals surface area contributed by atoms with E-state index in [4.69, 9.17) is 0 Å². The Kier molecular flexibility index (Phi) is 7.08. The summed E-state index contributed by atoms with van der Waals surface area (Å²) in [6, 6.07) is 16.3. The van der Waals surface area contributed by atoms with E-state index in [0.29, 0.717) is 28.7 Å². The molecule has 2 amide bonds. The van der Waals surface area contributed by atoms with Crippen LogP contribution in [0.3, 0.4) is 0 Å². The van der Waals surface area contributed by atoms with Crippen molar-refractivity contribution in [2.75, 3.05) is 10.6 Å². The van der Waals surface area contributed by atoms with Gasteiger partial charge in [0.2, 0.25) is 11.0 Å². The van der Waals surface area contributed by atoms with E-state index < -0.39 is 0 Å². The zero-order chi connectivity index (χ0) is 20.6. The molecule has 1 aromatic heterocycles. The Morgan fingerprint density at radius 3 is 2.28 bits per heavy atom. The van der Waals surface area contributed by atoms with Gasteiger partial charge < -0.3 is 5.32 Å². The number of carbonyl (C=O) groups excluding carboxylic acids is 2. The molecule has 0 saturated carbocycles. The minimum Gasteiger partial charge on any atom is -0.326 e. The van der Waals surface area contributed by atoms with Gasteiger partial charge in [0.25, 0.3) is 5.91 Å². The van der Waals surface area contributed by atoms with Gasteiger partial charge >= 0.3 is 0 Å². The number of rotatable bonds is 8. The van der Waals surface area contributed by atoms with Crippen LogP contribution < -0.4 is 10.6 Å². The summed E-state index contributed by atoms with van der Waals surface area (Å²) >= 11 is 1.41. The number of benzene rings is 2. The summed E-state index contributed by atoms with van der Waals surface area (Å²) in [6.45, 7) is 4.24. The van der Waals surface area contributed by atoms with Crippen LogP contribution in [0.4, 0.5) is 10.8 Å². The van der Waals surface area contributed by atoms with Gasteiger partial charge in [-0.05, 0) is 42.7 Å². The average molecular weight is 409 g/mol. The quantitative estimate of drug-likeness (QED) is 0.557. The van der Waals surface area contributed by atoms with Gasteiger partial charge in [-0.3, -0.25) is 14.9 Å². The molecule has 0 spiro atoms. The summed E-state index contributed by atoms with van der Waals surface area (Å²) in [5.74, 6) is 0.0209. The molecule has 6 nitrogen and oxygen atoms in total. The minimum atomic E-state index is -0.251. The molecule has 0 fully saturated rings. The van der Waals surface area contributed by atoms with Crippen molar-refractivity contribution in [3.8, 4) is 0 Å². The van der Waals surface area contributed by atoms with E-state index >= 15 is 0 Å². The molecule has 1 heterocycles. The van der Waals surface area contributed by atoms with Crippen LogP contribution >= 0.6 is 11.3 Å². The number of carbonyl (C=O) groups is 2. The lowest BCUT2D eigenvalue weighted by atomic mass is 10.1. The first-order chi connectivity index (χ1) is 14.1. The van der Waals surface area contributed by atoms with Gasteiger partial charge in [0.15, 0.2) is 0 Å². The smallest absolute Gasteiger partial charge is 0.257 e. The van der Waals surface area contributed by atoms with Crippen molar-refractivity contribution in [3.05, 3.63) is 70.7 Å². The summed E-state index contributed by atoms with van der Waals surface area (Å²) in [5, 5.41) is 15.3. The highest BCUT2D eigenvalue weighted by Crippen LogP contribution is 2.28. The van der Waals surface area contributed by atoms with E-state index in [-0.39, 0.29) is 11.8 Å². The zero-order valence-corrected chi connectivity index (χ0v) is 17.3. The van der Waals surface area contributed by atoms with E-state index in [1.54, 1.807) is 24.3 Å². The van der Waals surface area contributed by atoms with E-state index in [1.165, 1.54) is 11.3 Å². The standard InChI is InChI=1S/C22H24N4O2S/c1-3-16(4-2)21-25-26-22(29-21)24-20(28)17-10-12-18(13-11-17)23-19(27)14-15-8-6-5-7-9-15/h5-13,16H,3-4,14H2,1-2H3,(H,23,27)(H,24,26,28). The molecular weight excluding hydrogens is 384 g/mol. The van der Waals surface area contributed by atoms with Crippen molar-refractivity contribution in [3.63, 3.8) is 0 Å². The van der Waals surface area contributed by atoms with Crippen molar-refractivity contribution in [2.45, 2.75) is 39.0 Å². The van der Waals surface area contributed by atoms with Crippen LogP contribution in [0.25, 0.3) is 0 Å². The number of hydrogen-bond acceptors (Lipinski definition) is 5. The fourth-order valence-corrected chi connectivity index (χ4v) is 3.95. The Hall–Kier alpha value is -3.06. The second-order valence-electron chi connectivity index (χ2n) is 6.70. The third-order valence-electron chi connectivity index (χ3n) is 4.63. The normalized spacial score (nSPS) is 10.7. The Bertz CT molecular complexity index is 950. The molecule has 7 heteroatoms. The molecule has 0 bridgehead atoms. The first-order valence-corrected chi connectivity index (χ1v) is 10.5. The second kappa shape index (κ2) is 9.93. The van der Waals surface area contributed by atoms with Gasteiger partial charge in [-0.15, -0.1) is 10.2 Å². The number of nitrogens with zero attached hydrogens (tertiary/aromatic N) is 2. The maximum Gasteiger partial charge on any atom is 0.257 e. The maximum absolute atomic E-state index is 12.4. The van der Waals surface area contributed by atoms with Gasteiger partial charge in [-0.2, -0.15) is 0 Å². The summed E-state index contributed by atoms with van der Waals surface area (Å²) in [7, 11) is 0. The van der Waals surface area contributed by atoms with Crippen molar-refractivity contribution < 1.29 is 9.59 Å². The molecule has 2 aromatic carbocycles. The summed E-state index contributed by atoms with van der Waals surface area (Å²) in [4.78, 5) is 24.6. The average Bonchev–Trinajstić information content (AvgIpc) is 3.18. The second-order valence-corrected chi connectivity index (χ2v) is 7.71. The molecule has 3 aromatic rings. The predicted octanol–water partition coefficient (Wildman–Crippen LogP) is 4.88. The third-order valence-corrected chi connectivity index (χ3v) is 5.64.